The van der Waals surface area contributed by atoms with E-state index in [4.69, 9.17) is 0 Å². The van der Waals surface area contributed by atoms with Crippen molar-refractivity contribution in [2.24, 2.45) is 0 Å². The number of allylic oxidation sites excluding steroid dienone is 1. The number of sulfone groups is 1. The number of thioether (sulfide) groups is 1. The van der Waals surface area contributed by atoms with Crippen LogP contribution >= 0.6 is 11.8 Å². The largest absolute Gasteiger partial charge is 0.333 e. The zero-order valence-electron chi connectivity index (χ0n) is 16.6. The molecule has 2 N–H and O–H groups in total. The normalized spacial score (nSPS) is 19.8. The summed E-state index contributed by atoms with van der Waals surface area (Å²) in [6, 6.07) is -0.561. The first-order chi connectivity index (χ1) is 12.9. The number of carbonyl (C=O) groups is 2. The molecule has 1 saturated heterocycles. The van der Waals surface area contributed by atoms with Crippen molar-refractivity contribution in [2.75, 3.05) is 11.5 Å². The van der Waals surface area contributed by atoms with E-state index in [-0.39, 0.29) is 17.4 Å². The van der Waals surface area contributed by atoms with Gasteiger partial charge in [-0.25, -0.2) is 13.2 Å². The highest BCUT2D eigenvalue weighted by molar-refractivity contribution is 8.00. The van der Waals surface area contributed by atoms with E-state index in [1.165, 1.54) is 0 Å². The fourth-order valence-corrected chi connectivity index (χ4v) is 5.39. The van der Waals surface area contributed by atoms with E-state index < -0.39 is 32.6 Å². The zero-order valence-corrected chi connectivity index (χ0v) is 18.2. The average Bonchev–Trinajstić information content (AvgIpc) is 3.09. The van der Waals surface area contributed by atoms with Gasteiger partial charge in [-0.2, -0.15) is 0 Å². The molecule has 11 heteroatoms. The fraction of sp³-hybridized carbons (Fsp3) is 0.647. The third kappa shape index (κ3) is 6.06. The molecule has 1 aliphatic heterocycles. The molecule has 28 heavy (non-hydrogen) atoms. The van der Waals surface area contributed by atoms with Crippen LogP contribution in [0.5, 0.6) is 0 Å². The van der Waals surface area contributed by atoms with Crippen molar-refractivity contribution in [1.82, 2.24) is 25.4 Å². The van der Waals surface area contributed by atoms with Gasteiger partial charge >= 0.3 is 6.03 Å². The van der Waals surface area contributed by atoms with Crippen molar-refractivity contribution in [1.29, 1.82) is 0 Å². The molecule has 2 unspecified atom stereocenters. The molecule has 0 bridgehead atoms. The van der Waals surface area contributed by atoms with E-state index in [9.17, 15) is 18.0 Å². The molecular formula is C17H27N5O4S2. The molecule has 2 atom stereocenters. The number of nitrogens with zero attached hydrogens (tertiary/aromatic N) is 3. The monoisotopic (exact) mass is 429 g/mol. The minimum Gasteiger partial charge on any atom is -0.333 e. The SMILES string of the molecule is C=CCn1c(SC(C)C(=O)NC(=O)NC(C)(C)C)nnc1C1CCS(=O)(=O)C1. The standard InChI is InChI=1S/C17H27N5O4S2/c1-6-8-22-13(12-7-9-28(25,26)10-12)20-21-16(22)27-11(2)14(23)18-15(24)19-17(3,4)5/h6,11-12H,1,7-10H2,2-5H3,(H2,18,19,23,24). The van der Waals surface area contributed by atoms with Crippen LogP contribution in [0.4, 0.5) is 4.79 Å². The van der Waals surface area contributed by atoms with Gasteiger partial charge in [0, 0.05) is 18.0 Å². The zero-order chi connectivity index (χ0) is 21.1. The molecule has 156 valence electrons. The summed E-state index contributed by atoms with van der Waals surface area (Å²) in [5, 5.41) is 13.2. The van der Waals surface area contributed by atoms with Crippen molar-refractivity contribution in [3.63, 3.8) is 0 Å². The summed E-state index contributed by atoms with van der Waals surface area (Å²) in [5.41, 5.74) is -0.457. The first-order valence-corrected chi connectivity index (χ1v) is 11.7. The van der Waals surface area contributed by atoms with Crippen molar-refractivity contribution in [2.45, 2.75) is 62.5 Å². The number of imide groups is 1. The highest BCUT2D eigenvalue weighted by atomic mass is 32.2. The highest BCUT2D eigenvalue weighted by Crippen LogP contribution is 2.31. The number of hydrogen-bond acceptors (Lipinski definition) is 7. The van der Waals surface area contributed by atoms with Crippen molar-refractivity contribution in [3.05, 3.63) is 18.5 Å². The molecule has 1 aromatic heterocycles. The molecule has 0 aromatic carbocycles. The molecule has 0 aliphatic carbocycles. The topological polar surface area (TPSA) is 123 Å². The highest BCUT2D eigenvalue weighted by Gasteiger charge is 2.33. The van der Waals surface area contributed by atoms with Crippen LogP contribution in [0.2, 0.25) is 0 Å². The summed E-state index contributed by atoms with van der Waals surface area (Å²) >= 11 is 1.16. The molecule has 1 aromatic rings. The Kier molecular flexibility index (Phi) is 6.92. The molecule has 0 saturated carbocycles. The predicted octanol–water partition coefficient (Wildman–Crippen LogP) is 1.47. The van der Waals surface area contributed by atoms with Crippen LogP contribution in [-0.4, -0.2) is 57.4 Å². The Balaban J connectivity index is 2.09. The Hall–Kier alpha value is -1.88. The van der Waals surface area contributed by atoms with Crippen molar-refractivity contribution >= 4 is 33.5 Å². The lowest BCUT2D eigenvalue weighted by Crippen LogP contribution is -2.49. The van der Waals surface area contributed by atoms with Crippen molar-refractivity contribution in [3.8, 4) is 0 Å². The number of urea groups is 1. The minimum atomic E-state index is -3.05. The molecule has 0 radical (unpaired) electrons. The average molecular weight is 430 g/mol. The Morgan fingerprint density at radius 3 is 2.61 bits per heavy atom. The maximum Gasteiger partial charge on any atom is 0.321 e. The molecule has 0 spiro atoms. The van der Waals surface area contributed by atoms with E-state index in [0.29, 0.717) is 23.9 Å². The van der Waals surface area contributed by atoms with Gasteiger partial charge in [-0.15, -0.1) is 16.8 Å². The summed E-state index contributed by atoms with van der Waals surface area (Å²) in [4.78, 5) is 24.2. The number of amides is 3. The van der Waals surface area contributed by atoms with Crippen LogP contribution in [0.15, 0.2) is 17.8 Å². The smallest absolute Gasteiger partial charge is 0.321 e. The second-order valence-corrected chi connectivity index (χ2v) is 11.3. The second kappa shape index (κ2) is 8.64. The Labute approximate surface area is 169 Å². The van der Waals surface area contributed by atoms with Gasteiger partial charge in [-0.05, 0) is 34.1 Å². The number of rotatable bonds is 6. The Morgan fingerprint density at radius 1 is 1.39 bits per heavy atom. The third-order valence-corrected chi connectivity index (χ3v) is 6.88. The lowest BCUT2D eigenvalue weighted by molar-refractivity contribution is -0.119. The molecular weight excluding hydrogens is 402 g/mol. The summed E-state index contributed by atoms with van der Waals surface area (Å²) in [7, 11) is -3.05. The summed E-state index contributed by atoms with van der Waals surface area (Å²) in [5.74, 6) is 0.110. The van der Waals surface area contributed by atoms with E-state index in [1.807, 2.05) is 20.8 Å². The number of carbonyl (C=O) groups excluding carboxylic acids is 2. The molecule has 3 amide bonds. The van der Waals surface area contributed by atoms with Crippen LogP contribution in [0, 0.1) is 0 Å². The van der Waals surface area contributed by atoms with Gasteiger partial charge in [0.15, 0.2) is 15.0 Å². The van der Waals surface area contributed by atoms with E-state index >= 15 is 0 Å². The third-order valence-electron chi connectivity index (χ3n) is 4.03. The second-order valence-electron chi connectivity index (χ2n) is 7.79. The summed E-state index contributed by atoms with van der Waals surface area (Å²) < 4.78 is 25.4. The van der Waals surface area contributed by atoms with Crippen LogP contribution in [0.1, 0.15) is 45.9 Å². The molecule has 2 heterocycles. The minimum absolute atomic E-state index is 0.0515. The van der Waals surface area contributed by atoms with Crippen LogP contribution in [0.25, 0.3) is 0 Å². The maximum atomic E-state index is 12.3. The number of aromatic nitrogens is 3. The first-order valence-electron chi connectivity index (χ1n) is 8.96. The molecule has 1 fully saturated rings. The van der Waals surface area contributed by atoms with Crippen LogP contribution in [0.3, 0.4) is 0 Å². The quantitative estimate of drug-likeness (QED) is 0.518. The fourth-order valence-electron chi connectivity index (χ4n) is 2.79. The van der Waals surface area contributed by atoms with Crippen LogP contribution in [-0.2, 0) is 21.2 Å². The van der Waals surface area contributed by atoms with Gasteiger partial charge in [0.2, 0.25) is 5.91 Å². The van der Waals surface area contributed by atoms with Gasteiger partial charge < -0.3 is 9.88 Å². The molecule has 2 rings (SSSR count). The van der Waals surface area contributed by atoms with E-state index in [1.54, 1.807) is 17.6 Å². The number of hydrogen-bond donors (Lipinski definition) is 2. The van der Waals surface area contributed by atoms with Gasteiger partial charge in [-0.3, -0.25) is 10.1 Å². The summed E-state index contributed by atoms with van der Waals surface area (Å²) in [6.07, 6.45) is 2.17. The van der Waals surface area contributed by atoms with Gasteiger partial charge in [0.1, 0.15) is 5.82 Å². The van der Waals surface area contributed by atoms with E-state index in [2.05, 4.69) is 27.4 Å². The lowest BCUT2D eigenvalue weighted by atomic mass is 10.1. The number of nitrogens with one attached hydrogen (secondary N) is 2. The summed E-state index contributed by atoms with van der Waals surface area (Å²) in [6.45, 7) is 11.2. The van der Waals surface area contributed by atoms with Gasteiger partial charge in [0.25, 0.3) is 0 Å². The lowest BCUT2D eigenvalue weighted by Gasteiger charge is -2.21. The molecule has 1 aliphatic rings. The van der Waals surface area contributed by atoms with Gasteiger partial charge in [0.05, 0.1) is 16.8 Å². The predicted molar refractivity (Wildman–Crippen MR) is 108 cm³/mol. The Bertz CT molecular complexity index is 857. The maximum absolute atomic E-state index is 12.3. The van der Waals surface area contributed by atoms with Crippen LogP contribution < -0.4 is 10.6 Å². The first kappa shape index (κ1) is 22.4. The van der Waals surface area contributed by atoms with E-state index in [0.717, 1.165) is 11.8 Å². The molecule has 9 nitrogen and oxygen atoms in total. The van der Waals surface area contributed by atoms with Gasteiger partial charge in [-0.1, -0.05) is 17.8 Å². The Morgan fingerprint density at radius 2 is 2.07 bits per heavy atom. The van der Waals surface area contributed by atoms with Crippen molar-refractivity contribution < 1.29 is 18.0 Å².